The fourth-order valence-electron chi connectivity index (χ4n) is 4.48. The van der Waals surface area contributed by atoms with Crippen molar-refractivity contribution < 1.29 is 9.59 Å². The highest BCUT2D eigenvalue weighted by Crippen LogP contribution is 2.21. The summed E-state index contributed by atoms with van der Waals surface area (Å²) in [6.07, 6.45) is 3.22. The average molecular weight is 558 g/mol. The molecule has 1 aliphatic heterocycles. The van der Waals surface area contributed by atoms with Crippen LogP contribution in [-0.4, -0.2) is 54.4 Å². The van der Waals surface area contributed by atoms with Gasteiger partial charge in [0.2, 0.25) is 11.8 Å². The number of benzene rings is 3. The van der Waals surface area contributed by atoms with Crippen LogP contribution < -0.4 is 21.7 Å². The molecular weight excluding hydrogens is 518 g/mol. The van der Waals surface area contributed by atoms with Gasteiger partial charge in [0.1, 0.15) is 6.04 Å². The Labute approximate surface area is 241 Å². The van der Waals surface area contributed by atoms with Crippen LogP contribution in [0, 0.1) is 0 Å². The monoisotopic (exact) mass is 557 g/mol. The van der Waals surface area contributed by atoms with Gasteiger partial charge in [-0.2, -0.15) is 11.8 Å². The van der Waals surface area contributed by atoms with Crippen molar-refractivity contribution in [3.05, 3.63) is 95.6 Å². The van der Waals surface area contributed by atoms with Crippen molar-refractivity contribution in [3.63, 3.8) is 0 Å². The minimum Gasteiger partial charge on any atom is -0.397 e. The molecule has 40 heavy (non-hydrogen) atoms. The number of nitrogens with two attached hydrogens (primary N) is 1. The van der Waals surface area contributed by atoms with Gasteiger partial charge in [0.25, 0.3) is 0 Å². The van der Waals surface area contributed by atoms with E-state index in [2.05, 4.69) is 46.8 Å². The fraction of sp³-hybridized carbons (Fsp3) is 0.312. The highest BCUT2D eigenvalue weighted by Gasteiger charge is 2.21. The zero-order valence-electron chi connectivity index (χ0n) is 23.2. The Hall–Kier alpha value is -3.59. The molecule has 3 aromatic carbocycles. The van der Waals surface area contributed by atoms with Crippen LogP contribution in [0.25, 0.3) is 6.08 Å². The van der Waals surface area contributed by atoms with Gasteiger partial charge in [0.15, 0.2) is 0 Å². The zero-order chi connectivity index (χ0) is 28.3. The molecule has 210 valence electrons. The first-order valence-electron chi connectivity index (χ1n) is 13.8. The first-order chi connectivity index (χ1) is 19.4. The number of hydrogen-bond acceptors (Lipinski definition) is 6. The summed E-state index contributed by atoms with van der Waals surface area (Å²) in [6, 6.07) is 22.4. The minimum atomic E-state index is -0.508. The minimum absolute atomic E-state index is 0.102. The molecule has 5 N–H and O–H groups in total. The molecule has 1 saturated heterocycles. The summed E-state index contributed by atoms with van der Waals surface area (Å²) < 4.78 is 0. The summed E-state index contributed by atoms with van der Waals surface area (Å²) in [7, 11) is 0. The lowest BCUT2D eigenvalue weighted by molar-refractivity contribution is -0.118. The predicted octanol–water partition coefficient (Wildman–Crippen LogP) is 5.36. The van der Waals surface area contributed by atoms with Crippen molar-refractivity contribution in [1.82, 2.24) is 10.2 Å². The standard InChI is InChI=1S/C32H39N5O2S/c1-23(2)25-12-14-27(15-13-25)35-32(39)31(34-17-18-37-19-21-40-22-20-37)26-10-7-24(8-11-26)9-16-30(38)36-29-6-4-3-5-28(29)33/h3-16,23,31,34H,17-22,33H2,1-2H3,(H,35,39)(H,36,38). The number of para-hydroxylation sites is 2. The highest BCUT2D eigenvalue weighted by molar-refractivity contribution is 7.99. The van der Waals surface area contributed by atoms with Crippen molar-refractivity contribution in [2.24, 2.45) is 0 Å². The van der Waals surface area contributed by atoms with Gasteiger partial charge < -0.3 is 26.6 Å². The maximum absolute atomic E-state index is 13.4. The first kappa shape index (κ1) is 29.4. The molecule has 1 fully saturated rings. The predicted molar refractivity (Wildman–Crippen MR) is 169 cm³/mol. The van der Waals surface area contributed by atoms with Crippen molar-refractivity contribution >= 4 is 46.7 Å². The van der Waals surface area contributed by atoms with E-state index >= 15 is 0 Å². The van der Waals surface area contributed by atoms with E-state index in [4.69, 9.17) is 5.73 Å². The molecular formula is C32H39N5O2S. The zero-order valence-corrected chi connectivity index (χ0v) is 24.0. The van der Waals surface area contributed by atoms with Gasteiger partial charge in [-0.15, -0.1) is 0 Å². The van der Waals surface area contributed by atoms with Crippen molar-refractivity contribution in [3.8, 4) is 0 Å². The summed E-state index contributed by atoms with van der Waals surface area (Å²) in [5, 5.41) is 9.35. The quantitative estimate of drug-likeness (QED) is 0.187. The topological polar surface area (TPSA) is 99.5 Å². The van der Waals surface area contributed by atoms with Crippen LogP contribution in [0.5, 0.6) is 0 Å². The van der Waals surface area contributed by atoms with Crippen LogP contribution in [0.4, 0.5) is 17.1 Å². The Balaban J connectivity index is 1.42. The lowest BCUT2D eigenvalue weighted by Crippen LogP contribution is -2.41. The maximum atomic E-state index is 13.4. The van der Waals surface area contributed by atoms with Gasteiger partial charge in [-0.05, 0) is 52.9 Å². The van der Waals surface area contributed by atoms with Gasteiger partial charge in [-0.25, -0.2) is 0 Å². The maximum Gasteiger partial charge on any atom is 0.248 e. The van der Waals surface area contributed by atoms with Crippen LogP contribution >= 0.6 is 11.8 Å². The Morgan fingerprint density at radius 1 is 0.925 bits per heavy atom. The van der Waals surface area contributed by atoms with E-state index < -0.39 is 6.04 Å². The van der Waals surface area contributed by atoms with Crippen molar-refractivity contribution in [1.29, 1.82) is 0 Å². The Morgan fingerprint density at radius 2 is 1.60 bits per heavy atom. The van der Waals surface area contributed by atoms with Crippen molar-refractivity contribution in [2.75, 3.05) is 54.1 Å². The molecule has 1 aliphatic rings. The fourth-order valence-corrected chi connectivity index (χ4v) is 5.45. The van der Waals surface area contributed by atoms with E-state index in [0.717, 1.165) is 48.0 Å². The van der Waals surface area contributed by atoms with Gasteiger partial charge in [-0.3, -0.25) is 9.59 Å². The largest absolute Gasteiger partial charge is 0.397 e. The molecule has 0 bridgehead atoms. The van der Waals surface area contributed by atoms with E-state index in [0.29, 0.717) is 23.8 Å². The second-order valence-electron chi connectivity index (χ2n) is 10.2. The number of amides is 2. The van der Waals surface area contributed by atoms with E-state index in [-0.39, 0.29) is 11.8 Å². The lowest BCUT2D eigenvalue weighted by Gasteiger charge is -2.27. The molecule has 8 heteroatoms. The van der Waals surface area contributed by atoms with Crippen LogP contribution in [0.2, 0.25) is 0 Å². The van der Waals surface area contributed by atoms with Crippen LogP contribution in [0.3, 0.4) is 0 Å². The number of hydrogen-bond donors (Lipinski definition) is 4. The van der Waals surface area contributed by atoms with Crippen LogP contribution in [0.1, 0.15) is 42.5 Å². The molecule has 1 unspecified atom stereocenters. The molecule has 0 spiro atoms. The molecule has 1 heterocycles. The molecule has 0 aromatic heterocycles. The first-order valence-corrected chi connectivity index (χ1v) is 14.9. The second kappa shape index (κ2) is 14.7. The Kier molecular flexibility index (Phi) is 10.8. The molecule has 2 amide bonds. The molecule has 0 radical (unpaired) electrons. The highest BCUT2D eigenvalue weighted by atomic mass is 32.2. The van der Waals surface area contributed by atoms with Gasteiger partial charge in [0, 0.05) is 49.4 Å². The van der Waals surface area contributed by atoms with Crippen LogP contribution in [0.15, 0.2) is 78.9 Å². The number of rotatable bonds is 11. The summed E-state index contributed by atoms with van der Waals surface area (Å²) in [5.74, 6) is 2.38. The number of nitrogen functional groups attached to an aromatic ring is 1. The van der Waals surface area contributed by atoms with Crippen molar-refractivity contribution in [2.45, 2.75) is 25.8 Å². The number of thioether (sulfide) groups is 1. The number of carbonyl (C=O) groups excluding carboxylic acids is 2. The third kappa shape index (κ3) is 8.71. The third-order valence-corrected chi connectivity index (χ3v) is 7.85. The molecule has 0 aliphatic carbocycles. The third-order valence-electron chi connectivity index (χ3n) is 6.90. The van der Waals surface area contributed by atoms with E-state index in [1.165, 1.54) is 11.6 Å². The van der Waals surface area contributed by atoms with Crippen LogP contribution in [-0.2, 0) is 9.59 Å². The Morgan fingerprint density at radius 3 is 2.27 bits per heavy atom. The summed E-state index contributed by atoms with van der Waals surface area (Å²) in [4.78, 5) is 28.2. The summed E-state index contributed by atoms with van der Waals surface area (Å²) in [6.45, 7) is 8.07. The Bertz CT molecular complexity index is 1290. The molecule has 1 atom stereocenters. The molecule has 7 nitrogen and oxygen atoms in total. The van der Waals surface area contributed by atoms with E-state index in [1.807, 2.05) is 60.3 Å². The number of carbonyl (C=O) groups is 2. The SMILES string of the molecule is CC(C)c1ccc(NC(=O)C(NCCN2CCSCC2)c2ccc(C=CC(=O)Nc3ccccc3N)cc2)cc1. The second-order valence-corrected chi connectivity index (χ2v) is 11.4. The van der Waals surface area contributed by atoms with E-state index in [9.17, 15) is 9.59 Å². The van der Waals surface area contributed by atoms with E-state index in [1.54, 1.807) is 18.2 Å². The smallest absolute Gasteiger partial charge is 0.248 e. The lowest BCUT2D eigenvalue weighted by atomic mass is 10.0. The number of anilines is 3. The van der Waals surface area contributed by atoms with Gasteiger partial charge >= 0.3 is 0 Å². The molecule has 3 aromatic rings. The normalized spacial score (nSPS) is 14.8. The number of nitrogens with one attached hydrogen (secondary N) is 3. The van der Waals surface area contributed by atoms with Gasteiger partial charge in [0.05, 0.1) is 11.4 Å². The molecule has 4 rings (SSSR count). The average Bonchev–Trinajstić information content (AvgIpc) is 2.96. The number of nitrogens with zero attached hydrogens (tertiary/aromatic N) is 1. The van der Waals surface area contributed by atoms with Gasteiger partial charge in [-0.1, -0.05) is 62.4 Å². The molecule has 0 saturated carbocycles. The summed E-state index contributed by atoms with van der Waals surface area (Å²) in [5.41, 5.74) is 10.7. The summed E-state index contributed by atoms with van der Waals surface area (Å²) >= 11 is 1.99.